The van der Waals surface area contributed by atoms with E-state index in [4.69, 9.17) is 9.73 Å². The Labute approximate surface area is 163 Å². The smallest absolute Gasteiger partial charge is 0.234 e. The van der Waals surface area contributed by atoms with Crippen LogP contribution in [-0.4, -0.2) is 87.7 Å². The summed E-state index contributed by atoms with van der Waals surface area (Å²) in [5.41, 5.74) is 0.517. The van der Waals surface area contributed by atoms with Crippen molar-refractivity contribution in [1.29, 1.82) is 0 Å². The number of guanidine groups is 1. The summed E-state index contributed by atoms with van der Waals surface area (Å²) >= 11 is 0. The van der Waals surface area contributed by atoms with E-state index in [0.29, 0.717) is 25.1 Å². The van der Waals surface area contributed by atoms with Crippen molar-refractivity contribution >= 4 is 11.9 Å². The van der Waals surface area contributed by atoms with Crippen molar-refractivity contribution in [2.24, 2.45) is 16.3 Å². The molecular weight excluding hydrogens is 342 g/mol. The van der Waals surface area contributed by atoms with Gasteiger partial charge < -0.3 is 20.3 Å². The molecule has 154 valence electrons. The van der Waals surface area contributed by atoms with E-state index in [2.05, 4.69) is 27.4 Å². The minimum atomic E-state index is 0.0810. The van der Waals surface area contributed by atoms with E-state index in [1.54, 1.807) is 7.11 Å². The molecule has 7 heteroatoms. The third-order valence-corrected chi connectivity index (χ3v) is 6.34. The molecule has 2 saturated carbocycles. The molecule has 0 aromatic heterocycles. The highest BCUT2D eigenvalue weighted by Gasteiger charge is 2.48. The SMILES string of the molecule is CCNC(=NCC1(C2CC2)CCC1)N1CCN(CC(=O)NCCOC)CC1. The van der Waals surface area contributed by atoms with Gasteiger partial charge in [0.2, 0.25) is 5.91 Å². The Morgan fingerprint density at radius 3 is 2.48 bits per heavy atom. The number of methoxy groups -OCH3 is 1. The summed E-state index contributed by atoms with van der Waals surface area (Å²) in [5.74, 6) is 2.08. The fourth-order valence-corrected chi connectivity index (χ4v) is 4.35. The van der Waals surface area contributed by atoms with Crippen LogP contribution < -0.4 is 10.6 Å². The van der Waals surface area contributed by atoms with E-state index >= 15 is 0 Å². The molecule has 0 unspecified atom stereocenters. The lowest BCUT2D eigenvalue weighted by Gasteiger charge is -2.42. The first-order valence-electron chi connectivity index (χ1n) is 10.7. The standard InChI is InChI=1S/C20H37N5O2/c1-3-21-19(23-16-20(7-4-8-20)17-5-6-17)25-12-10-24(11-13-25)15-18(26)22-9-14-27-2/h17H,3-16H2,1-2H3,(H,21,23)(H,22,26). The van der Waals surface area contributed by atoms with Gasteiger partial charge >= 0.3 is 0 Å². The maximum Gasteiger partial charge on any atom is 0.234 e. The molecule has 0 bridgehead atoms. The van der Waals surface area contributed by atoms with Gasteiger partial charge in [-0.15, -0.1) is 0 Å². The molecule has 1 saturated heterocycles. The topological polar surface area (TPSA) is 69.2 Å². The Balaban J connectivity index is 1.45. The van der Waals surface area contributed by atoms with E-state index in [1.165, 1.54) is 32.1 Å². The summed E-state index contributed by atoms with van der Waals surface area (Å²) < 4.78 is 4.97. The number of nitrogens with one attached hydrogen (secondary N) is 2. The number of ether oxygens (including phenoxy) is 1. The van der Waals surface area contributed by atoms with E-state index < -0.39 is 0 Å². The summed E-state index contributed by atoms with van der Waals surface area (Å²) in [5, 5.41) is 6.38. The van der Waals surface area contributed by atoms with Crippen molar-refractivity contribution in [2.45, 2.75) is 39.0 Å². The zero-order valence-corrected chi connectivity index (χ0v) is 17.1. The van der Waals surface area contributed by atoms with Crippen molar-refractivity contribution in [3.63, 3.8) is 0 Å². The number of aliphatic imine (C=N–C) groups is 1. The molecule has 2 N–H and O–H groups in total. The molecule has 0 spiro atoms. The predicted octanol–water partition coefficient (Wildman–Crippen LogP) is 0.912. The molecule has 3 rings (SSSR count). The second kappa shape index (κ2) is 9.73. The number of rotatable bonds is 9. The Hall–Kier alpha value is -1.34. The highest BCUT2D eigenvalue weighted by atomic mass is 16.5. The zero-order chi connectivity index (χ0) is 19.1. The summed E-state index contributed by atoms with van der Waals surface area (Å²) in [4.78, 5) is 21.6. The number of hydrogen-bond acceptors (Lipinski definition) is 4. The Morgan fingerprint density at radius 1 is 1.19 bits per heavy atom. The Kier molecular flexibility index (Phi) is 7.35. The first kappa shape index (κ1) is 20.4. The van der Waals surface area contributed by atoms with Gasteiger partial charge in [0.1, 0.15) is 0 Å². The fourth-order valence-electron chi connectivity index (χ4n) is 4.35. The molecule has 0 aromatic carbocycles. The zero-order valence-electron chi connectivity index (χ0n) is 17.1. The Morgan fingerprint density at radius 2 is 1.93 bits per heavy atom. The summed E-state index contributed by atoms with van der Waals surface area (Å²) in [6.07, 6.45) is 6.95. The monoisotopic (exact) mass is 379 g/mol. The molecule has 1 heterocycles. The Bertz CT molecular complexity index is 509. The second-order valence-electron chi connectivity index (χ2n) is 8.27. The second-order valence-corrected chi connectivity index (χ2v) is 8.27. The van der Waals surface area contributed by atoms with Crippen LogP contribution in [-0.2, 0) is 9.53 Å². The number of amides is 1. The molecule has 1 amide bonds. The average Bonchev–Trinajstić information content (AvgIpc) is 3.46. The molecular formula is C20H37N5O2. The molecule has 7 nitrogen and oxygen atoms in total. The first-order valence-corrected chi connectivity index (χ1v) is 10.7. The third kappa shape index (κ3) is 5.57. The highest BCUT2D eigenvalue weighted by molar-refractivity contribution is 5.80. The normalized spacial score (nSPS) is 23.0. The van der Waals surface area contributed by atoms with Crippen LogP contribution >= 0.6 is 0 Å². The van der Waals surface area contributed by atoms with Gasteiger partial charge in [-0.1, -0.05) is 6.42 Å². The van der Waals surface area contributed by atoms with Gasteiger partial charge in [-0.3, -0.25) is 14.7 Å². The maximum atomic E-state index is 12.0. The van der Waals surface area contributed by atoms with Crippen LogP contribution in [0.5, 0.6) is 0 Å². The van der Waals surface area contributed by atoms with Gasteiger partial charge in [0.15, 0.2) is 5.96 Å². The van der Waals surface area contributed by atoms with Gasteiger partial charge in [-0.05, 0) is 43.9 Å². The quantitative estimate of drug-likeness (QED) is 0.354. The summed E-state index contributed by atoms with van der Waals surface area (Å²) in [6, 6.07) is 0. The van der Waals surface area contributed by atoms with Gasteiger partial charge in [0.25, 0.3) is 0 Å². The van der Waals surface area contributed by atoms with Crippen LogP contribution in [0.4, 0.5) is 0 Å². The largest absolute Gasteiger partial charge is 0.383 e. The lowest BCUT2D eigenvalue weighted by molar-refractivity contribution is -0.122. The van der Waals surface area contributed by atoms with Crippen LogP contribution in [0.3, 0.4) is 0 Å². The van der Waals surface area contributed by atoms with E-state index in [9.17, 15) is 4.79 Å². The van der Waals surface area contributed by atoms with E-state index in [-0.39, 0.29) is 5.91 Å². The number of nitrogens with zero attached hydrogens (tertiary/aromatic N) is 3. The van der Waals surface area contributed by atoms with Gasteiger partial charge in [-0.2, -0.15) is 0 Å². The van der Waals surface area contributed by atoms with Crippen LogP contribution in [0.15, 0.2) is 4.99 Å². The molecule has 3 aliphatic rings. The predicted molar refractivity (Wildman–Crippen MR) is 108 cm³/mol. The molecule has 1 aliphatic heterocycles. The average molecular weight is 380 g/mol. The molecule has 0 aromatic rings. The van der Waals surface area contributed by atoms with Crippen molar-refractivity contribution in [1.82, 2.24) is 20.4 Å². The number of hydrogen-bond donors (Lipinski definition) is 2. The molecule has 2 aliphatic carbocycles. The summed E-state index contributed by atoms with van der Waals surface area (Å²) in [7, 11) is 1.65. The molecule has 3 fully saturated rings. The first-order chi connectivity index (χ1) is 13.2. The fraction of sp³-hybridized carbons (Fsp3) is 0.900. The maximum absolute atomic E-state index is 12.0. The van der Waals surface area contributed by atoms with Gasteiger partial charge in [-0.25, -0.2) is 0 Å². The number of carbonyl (C=O) groups is 1. The molecule has 0 radical (unpaired) electrons. The van der Waals surface area contributed by atoms with Gasteiger partial charge in [0.05, 0.1) is 13.2 Å². The minimum Gasteiger partial charge on any atom is -0.383 e. The molecule has 0 atom stereocenters. The van der Waals surface area contributed by atoms with E-state index in [1.807, 2.05) is 0 Å². The van der Waals surface area contributed by atoms with E-state index in [0.717, 1.165) is 51.1 Å². The minimum absolute atomic E-state index is 0.0810. The number of carbonyl (C=O) groups excluding carboxylic acids is 1. The van der Waals surface area contributed by atoms with Crippen LogP contribution in [0.25, 0.3) is 0 Å². The summed E-state index contributed by atoms with van der Waals surface area (Å²) in [6.45, 7) is 9.28. The van der Waals surface area contributed by atoms with Crippen LogP contribution in [0.1, 0.15) is 39.0 Å². The van der Waals surface area contributed by atoms with Crippen molar-refractivity contribution in [3.05, 3.63) is 0 Å². The van der Waals surface area contributed by atoms with Crippen LogP contribution in [0.2, 0.25) is 0 Å². The lowest BCUT2D eigenvalue weighted by Crippen LogP contribution is -2.54. The highest BCUT2D eigenvalue weighted by Crippen LogP contribution is 2.57. The third-order valence-electron chi connectivity index (χ3n) is 6.34. The van der Waals surface area contributed by atoms with Crippen molar-refractivity contribution in [2.75, 3.05) is 66.1 Å². The number of piperazine rings is 1. The molecule has 27 heavy (non-hydrogen) atoms. The lowest BCUT2D eigenvalue weighted by atomic mass is 9.65. The van der Waals surface area contributed by atoms with Crippen molar-refractivity contribution in [3.8, 4) is 0 Å². The van der Waals surface area contributed by atoms with Gasteiger partial charge in [0, 0.05) is 52.9 Å². The van der Waals surface area contributed by atoms with Crippen molar-refractivity contribution < 1.29 is 9.53 Å². The van der Waals surface area contributed by atoms with Crippen LogP contribution in [0, 0.1) is 11.3 Å².